The Balaban J connectivity index is 2.38. The number of fused-ring (bicyclic) bond motifs is 3. The third kappa shape index (κ3) is 1.21. The summed E-state index contributed by atoms with van der Waals surface area (Å²) in [7, 11) is 0. The molecule has 0 bridgehead atoms. The van der Waals surface area contributed by atoms with Gasteiger partial charge in [0.05, 0.1) is 5.69 Å². The molecule has 0 radical (unpaired) electrons. The molecule has 3 rings (SSSR count). The minimum absolute atomic E-state index is 0.108. The summed E-state index contributed by atoms with van der Waals surface area (Å²) >= 11 is 0. The molecule has 0 atom stereocenters. The number of aromatic nitrogens is 3. The molecule has 82 valence electrons. The molecule has 3 heterocycles. The predicted molar refractivity (Wildman–Crippen MR) is 60.4 cm³/mol. The van der Waals surface area contributed by atoms with E-state index in [0.29, 0.717) is 0 Å². The molecule has 0 saturated heterocycles. The molecule has 16 heavy (non-hydrogen) atoms. The van der Waals surface area contributed by atoms with E-state index in [1.807, 2.05) is 6.07 Å². The second-order valence-corrected chi connectivity index (χ2v) is 3.88. The van der Waals surface area contributed by atoms with E-state index in [1.54, 1.807) is 0 Å². The molecule has 5 heteroatoms. The van der Waals surface area contributed by atoms with Gasteiger partial charge in [-0.3, -0.25) is 5.41 Å². The van der Waals surface area contributed by atoms with Gasteiger partial charge in [0.1, 0.15) is 11.6 Å². The van der Waals surface area contributed by atoms with Crippen LogP contribution < -0.4 is 10.9 Å². The first-order valence-corrected chi connectivity index (χ1v) is 5.48. The van der Waals surface area contributed by atoms with Gasteiger partial charge in [0.2, 0.25) is 5.62 Å². The van der Waals surface area contributed by atoms with Crippen LogP contribution >= 0.6 is 0 Å². The molecule has 5 nitrogen and oxygen atoms in total. The predicted octanol–water partition coefficient (Wildman–Crippen LogP) is 0.850. The summed E-state index contributed by atoms with van der Waals surface area (Å²) in [6, 6.07) is 4.10. The van der Waals surface area contributed by atoms with Gasteiger partial charge in [-0.15, -0.1) is 0 Å². The van der Waals surface area contributed by atoms with E-state index >= 15 is 0 Å². The van der Waals surface area contributed by atoms with Gasteiger partial charge in [-0.05, 0) is 18.6 Å². The summed E-state index contributed by atoms with van der Waals surface area (Å²) in [6.45, 7) is 3.89. The lowest BCUT2D eigenvalue weighted by Crippen LogP contribution is -2.19. The zero-order valence-electron chi connectivity index (χ0n) is 9.12. The van der Waals surface area contributed by atoms with Crippen molar-refractivity contribution < 1.29 is 0 Å². The lowest BCUT2D eigenvalue weighted by atomic mass is 10.1. The molecule has 0 spiro atoms. The van der Waals surface area contributed by atoms with Crippen molar-refractivity contribution in [1.82, 2.24) is 14.5 Å². The summed E-state index contributed by atoms with van der Waals surface area (Å²) in [5.74, 6) is 1.95. The van der Waals surface area contributed by atoms with E-state index in [0.717, 1.165) is 42.4 Å². The molecule has 0 saturated carbocycles. The van der Waals surface area contributed by atoms with Crippen LogP contribution in [0.4, 0.5) is 5.82 Å². The Hall–Kier alpha value is -1.91. The van der Waals surface area contributed by atoms with Gasteiger partial charge in [-0.2, -0.15) is 4.98 Å². The Morgan fingerprint density at radius 1 is 1.44 bits per heavy atom. The molecule has 3 aliphatic rings. The van der Waals surface area contributed by atoms with Crippen molar-refractivity contribution in [2.45, 2.75) is 19.9 Å². The van der Waals surface area contributed by atoms with Crippen LogP contribution in [-0.2, 0) is 13.0 Å². The van der Waals surface area contributed by atoms with Gasteiger partial charge in [0.15, 0.2) is 0 Å². The number of hydrogen-bond acceptors (Lipinski definition) is 4. The van der Waals surface area contributed by atoms with Gasteiger partial charge in [-0.25, -0.2) is 4.98 Å². The molecule has 0 unspecified atom stereocenters. The molecule has 0 aromatic heterocycles. The Morgan fingerprint density at radius 3 is 3.12 bits per heavy atom. The second kappa shape index (κ2) is 3.30. The molecule has 0 aromatic carbocycles. The summed E-state index contributed by atoms with van der Waals surface area (Å²) < 4.78 is 2.12. The van der Waals surface area contributed by atoms with Crippen molar-refractivity contribution in [1.29, 1.82) is 5.41 Å². The first-order valence-electron chi connectivity index (χ1n) is 5.48. The molecule has 0 aromatic rings. The number of rotatable bonds is 1. The maximum atomic E-state index is 7.63. The quantitative estimate of drug-likeness (QED) is 0.741. The van der Waals surface area contributed by atoms with Crippen LogP contribution in [0.15, 0.2) is 12.1 Å². The largest absolute Gasteiger partial charge is 0.370 e. The number of nitrogens with one attached hydrogen (secondary N) is 2. The van der Waals surface area contributed by atoms with E-state index in [9.17, 15) is 0 Å². The van der Waals surface area contributed by atoms with Crippen molar-refractivity contribution in [2.24, 2.45) is 0 Å². The summed E-state index contributed by atoms with van der Waals surface area (Å²) in [5.41, 5.74) is 2.13. The topological polar surface area (TPSA) is 66.6 Å². The monoisotopic (exact) mass is 215 g/mol. The lowest BCUT2D eigenvalue weighted by Gasteiger charge is -2.14. The molecular formula is C11H13N5. The third-order valence-electron chi connectivity index (χ3n) is 2.94. The van der Waals surface area contributed by atoms with Crippen LogP contribution in [0.3, 0.4) is 0 Å². The summed E-state index contributed by atoms with van der Waals surface area (Å²) in [6.07, 6.45) is 0.831. The fraction of sp³-hybridized carbons (Fsp3) is 0.364. The van der Waals surface area contributed by atoms with Gasteiger partial charge >= 0.3 is 0 Å². The summed E-state index contributed by atoms with van der Waals surface area (Å²) in [5, 5.41) is 10.9. The zero-order valence-corrected chi connectivity index (χ0v) is 9.12. The van der Waals surface area contributed by atoms with Crippen molar-refractivity contribution in [2.75, 3.05) is 11.9 Å². The molecular weight excluding hydrogens is 202 g/mol. The molecule has 0 fully saturated rings. The first kappa shape index (κ1) is 9.33. The maximum absolute atomic E-state index is 7.63. The maximum Gasteiger partial charge on any atom is 0.244 e. The number of nitrogens with zero attached hydrogens (tertiary/aromatic N) is 3. The average Bonchev–Trinajstić information content (AvgIpc) is 2.76. The SMILES string of the molecule is CCc1nc(=N)nc2n3c(ccc1-2)NCC3. The molecule has 0 amide bonds. The Bertz CT molecular complexity index is 571. The fourth-order valence-corrected chi connectivity index (χ4v) is 2.19. The number of anilines is 1. The zero-order chi connectivity index (χ0) is 11.1. The van der Waals surface area contributed by atoms with Crippen molar-refractivity contribution in [3.63, 3.8) is 0 Å². The van der Waals surface area contributed by atoms with Crippen LogP contribution in [0.2, 0.25) is 0 Å². The highest BCUT2D eigenvalue weighted by Crippen LogP contribution is 2.27. The third-order valence-corrected chi connectivity index (χ3v) is 2.94. The standard InChI is InChI=1S/C11H13N5/c1-2-8-7-3-4-9-13-5-6-16(9)10(7)15-11(12)14-8/h3-4,12-13H,2,5-6H2,1H3. The Kier molecular flexibility index (Phi) is 1.92. The second-order valence-electron chi connectivity index (χ2n) is 3.88. The van der Waals surface area contributed by atoms with Crippen molar-refractivity contribution in [3.8, 4) is 11.4 Å². The van der Waals surface area contributed by atoms with Gasteiger partial charge < -0.3 is 9.88 Å². The summed E-state index contributed by atoms with van der Waals surface area (Å²) in [4.78, 5) is 8.40. The molecule has 2 N–H and O–H groups in total. The highest BCUT2D eigenvalue weighted by molar-refractivity contribution is 5.64. The van der Waals surface area contributed by atoms with Gasteiger partial charge in [-0.1, -0.05) is 6.92 Å². The number of hydrogen-bond donors (Lipinski definition) is 2. The van der Waals surface area contributed by atoms with Gasteiger partial charge in [0.25, 0.3) is 0 Å². The van der Waals surface area contributed by atoms with Crippen LogP contribution in [0, 0.1) is 5.41 Å². The van der Waals surface area contributed by atoms with Crippen molar-refractivity contribution in [3.05, 3.63) is 23.4 Å². The molecule has 0 aliphatic carbocycles. The van der Waals surface area contributed by atoms with E-state index in [1.165, 1.54) is 0 Å². The normalized spacial score (nSPS) is 13.8. The Labute approximate surface area is 93.0 Å². The minimum Gasteiger partial charge on any atom is -0.370 e. The van der Waals surface area contributed by atoms with E-state index in [4.69, 9.17) is 5.41 Å². The number of pyridine rings is 1. The highest BCUT2D eigenvalue weighted by Gasteiger charge is 2.18. The Morgan fingerprint density at radius 2 is 2.31 bits per heavy atom. The van der Waals surface area contributed by atoms with Crippen LogP contribution in [0.25, 0.3) is 11.4 Å². The van der Waals surface area contributed by atoms with Crippen molar-refractivity contribution >= 4 is 5.82 Å². The highest BCUT2D eigenvalue weighted by atomic mass is 15.2. The fourth-order valence-electron chi connectivity index (χ4n) is 2.19. The molecule has 3 aliphatic heterocycles. The van der Waals surface area contributed by atoms with Crippen LogP contribution in [-0.4, -0.2) is 21.1 Å². The number of aryl methyl sites for hydroxylation is 1. The minimum atomic E-state index is 0.108. The average molecular weight is 215 g/mol. The van der Waals surface area contributed by atoms with E-state index < -0.39 is 0 Å². The van der Waals surface area contributed by atoms with E-state index in [2.05, 4.69) is 32.8 Å². The smallest absolute Gasteiger partial charge is 0.244 e. The van der Waals surface area contributed by atoms with Crippen LogP contribution in [0.1, 0.15) is 12.6 Å². The van der Waals surface area contributed by atoms with Gasteiger partial charge in [0, 0.05) is 18.7 Å². The van der Waals surface area contributed by atoms with E-state index in [-0.39, 0.29) is 5.62 Å². The lowest BCUT2D eigenvalue weighted by molar-refractivity contribution is 0.767. The first-order chi connectivity index (χ1) is 7.79. The van der Waals surface area contributed by atoms with Crippen LogP contribution in [0.5, 0.6) is 0 Å².